The summed E-state index contributed by atoms with van der Waals surface area (Å²) >= 11 is 0. The summed E-state index contributed by atoms with van der Waals surface area (Å²) in [6.07, 6.45) is 0.350. The zero-order valence-electron chi connectivity index (χ0n) is 19.5. The SMILES string of the molecule is CCC(=C(c1ccc(OC)cc1)c1ccc(OC)cc1)c1ccc(OC(CC)C(=O)O)cc1. The van der Waals surface area contributed by atoms with Crippen LogP contribution in [0.2, 0.25) is 0 Å². The largest absolute Gasteiger partial charge is 0.497 e. The molecule has 0 bridgehead atoms. The monoisotopic (exact) mass is 446 g/mol. The molecule has 0 saturated heterocycles. The fraction of sp³-hybridized carbons (Fsp3) is 0.250. The van der Waals surface area contributed by atoms with Gasteiger partial charge in [0.2, 0.25) is 0 Å². The van der Waals surface area contributed by atoms with Gasteiger partial charge in [0, 0.05) is 0 Å². The van der Waals surface area contributed by atoms with E-state index in [9.17, 15) is 9.90 Å². The number of hydrogen-bond acceptors (Lipinski definition) is 4. The average Bonchev–Trinajstić information content (AvgIpc) is 2.86. The molecular formula is C28H30O5. The van der Waals surface area contributed by atoms with E-state index in [0.29, 0.717) is 12.2 Å². The zero-order valence-corrected chi connectivity index (χ0v) is 19.5. The minimum atomic E-state index is -0.961. The molecule has 3 aromatic carbocycles. The van der Waals surface area contributed by atoms with Crippen LogP contribution >= 0.6 is 0 Å². The van der Waals surface area contributed by atoms with Crippen LogP contribution in [0.15, 0.2) is 72.8 Å². The first-order valence-corrected chi connectivity index (χ1v) is 11.0. The summed E-state index contributed by atoms with van der Waals surface area (Å²) in [7, 11) is 3.31. The molecule has 0 fully saturated rings. The van der Waals surface area contributed by atoms with E-state index < -0.39 is 12.1 Å². The van der Waals surface area contributed by atoms with Gasteiger partial charge in [0.25, 0.3) is 0 Å². The highest BCUT2D eigenvalue weighted by molar-refractivity contribution is 5.98. The summed E-state index contributed by atoms with van der Waals surface area (Å²) in [5.41, 5.74) is 5.50. The number of hydrogen-bond donors (Lipinski definition) is 1. The molecule has 0 spiro atoms. The predicted molar refractivity (Wildman–Crippen MR) is 131 cm³/mol. The topological polar surface area (TPSA) is 65.0 Å². The fourth-order valence-corrected chi connectivity index (χ4v) is 3.76. The second-order valence-corrected chi connectivity index (χ2v) is 7.54. The molecule has 3 aromatic rings. The number of carboxylic acid groups (broad SMARTS) is 1. The zero-order chi connectivity index (χ0) is 23.8. The van der Waals surface area contributed by atoms with E-state index in [4.69, 9.17) is 14.2 Å². The molecule has 1 unspecified atom stereocenters. The molecule has 5 nitrogen and oxygen atoms in total. The smallest absolute Gasteiger partial charge is 0.344 e. The fourth-order valence-electron chi connectivity index (χ4n) is 3.76. The molecule has 0 heterocycles. The Kier molecular flexibility index (Phi) is 8.14. The van der Waals surface area contributed by atoms with Gasteiger partial charge in [-0.25, -0.2) is 4.79 Å². The predicted octanol–water partition coefficient (Wildman–Crippen LogP) is 6.31. The van der Waals surface area contributed by atoms with E-state index in [1.165, 1.54) is 5.57 Å². The Bertz CT molecular complexity index is 1030. The lowest BCUT2D eigenvalue weighted by atomic mass is 9.88. The highest BCUT2D eigenvalue weighted by Gasteiger charge is 2.17. The van der Waals surface area contributed by atoms with E-state index in [2.05, 4.69) is 31.2 Å². The maximum Gasteiger partial charge on any atom is 0.344 e. The van der Waals surface area contributed by atoms with Crippen LogP contribution in [0.25, 0.3) is 11.1 Å². The summed E-state index contributed by atoms with van der Waals surface area (Å²) in [6.45, 7) is 3.92. The third-order valence-corrected chi connectivity index (χ3v) is 5.54. The normalized spacial score (nSPS) is 11.4. The first-order chi connectivity index (χ1) is 16.0. The molecular weight excluding hydrogens is 416 g/mol. The Morgan fingerprint density at radius 3 is 1.52 bits per heavy atom. The summed E-state index contributed by atoms with van der Waals surface area (Å²) in [4.78, 5) is 11.3. The molecule has 1 N–H and O–H groups in total. The number of methoxy groups -OCH3 is 2. The molecule has 0 aromatic heterocycles. The third-order valence-electron chi connectivity index (χ3n) is 5.54. The Hall–Kier alpha value is -3.73. The van der Waals surface area contributed by atoms with Crippen molar-refractivity contribution in [2.24, 2.45) is 0 Å². The summed E-state index contributed by atoms with van der Waals surface area (Å²) in [5.74, 6) is 1.18. The molecule has 0 amide bonds. The average molecular weight is 447 g/mol. The summed E-state index contributed by atoms with van der Waals surface area (Å²) in [5, 5.41) is 9.26. The van der Waals surface area contributed by atoms with E-state index in [1.807, 2.05) is 48.5 Å². The second-order valence-electron chi connectivity index (χ2n) is 7.54. The number of aliphatic carboxylic acids is 1. The van der Waals surface area contributed by atoms with Crippen LogP contribution in [-0.2, 0) is 4.79 Å². The van der Waals surface area contributed by atoms with E-state index in [1.54, 1.807) is 21.1 Å². The maximum atomic E-state index is 11.3. The van der Waals surface area contributed by atoms with Crippen molar-refractivity contribution in [3.8, 4) is 17.2 Å². The number of ether oxygens (including phenoxy) is 3. The van der Waals surface area contributed by atoms with Crippen molar-refractivity contribution in [3.63, 3.8) is 0 Å². The van der Waals surface area contributed by atoms with E-state index in [-0.39, 0.29) is 0 Å². The van der Waals surface area contributed by atoms with Gasteiger partial charge in [-0.2, -0.15) is 0 Å². The third kappa shape index (κ3) is 5.75. The molecule has 0 aliphatic heterocycles. The van der Waals surface area contributed by atoms with Crippen LogP contribution in [0, 0.1) is 0 Å². The highest BCUT2D eigenvalue weighted by Crippen LogP contribution is 2.36. The van der Waals surface area contributed by atoms with Crippen LogP contribution < -0.4 is 14.2 Å². The van der Waals surface area contributed by atoms with Gasteiger partial charge < -0.3 is 19.3 Å². The quantitative estimate of drug-likeness (QED) is 0.370. The van der Waals surface area contributed by atoms with Crippen molar-refractivity contribution in [3.05, 3.63) is 89.5 Å². The summed E-state index contributed by atoms with van der Waals surface area (Å²) in [6, 6.07) is 23.7. The van der Waals surface area contributed by atoms with Crippen molar-refractivity contribution >= 4 is 17.1 Å². The number of rotatable bonds is 10. The first kappa shape index (κ1) is 23.9. The standard InChI is InChI=1S/C28H30O5/c1-5-25(19-7-17-24(18-8-19)33-26(6-2)28(29)30)27(20-9-13-22(31-3)14-10-20)21-11-15-23(32-4)16-12-21/h7-18,26H,5-6H2,1-4H3,(H,29,30). The van der Waals surface area contributed by atoms with Crippen molar-refractivity contribution in [1.82, 2.24) is 0 Å². The Labute approximate surface area is 195 Å². The lowest BCUT2D eigenvalue weighted by molar-refractivity contribution is -0.145. The molecule has 3 rings (SSSR count). The molecule has 0 aliphatic carbocycles. The van der Waals surface area contributed by atoms with E-state index in [0.717, 1.165) is 40.2 Å². The van der Waals surface area contributed by atoms with Crippen LogP contribution in [-0.4, -0.2) is 31.4 Å². The van der Waals surface area contributed by atoms with Gasteiger partial charge in [0.1, 0.15) is 17.2 Å². The Morgan fingerprint density at radius 1 is 0.727 bits per heavy atom. The molecule has 1 atom stereocenters. The van der Waals surface area contributed by atoms with Gasteiger partial charge in [-0.1, -0.05) is 50.2 Å². The van der Waals surface area contributed by atoms with Crippen molar-refractivity contribution in [2.75, 3.05) is 14.2 Å². The Morgan fingerprint density at radius 2 is 1.15 bits per heavy atom. The molecule has 5 heteroatoms. The minimum Gasteiger partial charge on any atom is -0.497 e. The Balaban J connectivity index is 2.08. The minimum absolute atomic E-state index is 0.399. The highest BCUT2D eigenvalue weighted by atomic mass is 16.5. The number of carboxylic acids is 1. The number of benzene rings is 3. The van der Waals surface area contributed by atoms with Gasteiger partial charge in [0.05, 0.1) is 14.2 Å². The molecule has 33 heavy (non-hydrogen) atoms. The number of carbonyl (C=O) groups is 1. The van der Waals surface area contributed by atoms with Crippen LogP contribution in [0.5, 0.6) is 17.2 Å². The molecule has 0 aliphatic rings. The first-order valence-electron chi connectivity index (χ1n) is 11.0. The van der Waals surface area contributed by atoms with Gasteiger partial charge in [0.15, 0.2) is 6.10 Å². The molecule has 0 radical (unpaired) electrons. The van der Waals surface area contributed by atoms with E-state index >= 15 is 0 Å². The van der Waals surface area contributed by atoms with Crippen LogP contribution in [0.3, 0.4) is 0 Å². The summed E-state index contributed by atoms with van der Waals surface area (Å²) < 4.78 is 16.3. The number of allylic oxidation sites excluding steroid dienone is 1. The lowest BCUT2D eigenvalue weighted by Crippen LogP contribution is -2.25. The van der Waals surface area contributed by atoms with Crippen molar-refractivity contribution in [1.29, 1.82) is 0 Å². The second kappa shape index (κ2) is 11.2. The molecule has 0 saturated carbocycles. The van der Waals surface area contributed by atoms with Gasteiger partial charge in [-0.3, -0.25) is 0 Å². The van der Waals surface area contributed by atoms with Crippen molar-refractivity contribution < 1.29 is 24.1 Å². The van der Waals surface area contributed by atoms with Crippen molar-refractivity contribution in [2.45, 2.75) is 32.8 Å². The van der Waals surface area contributed by atoms with Gasteiger partial charge in [-0.05, 0) is 77.1 Å². The van der Waals surface area contributed by atoms with Gasteiger partial charge >= 0.3 is 5.97 Å². The van der Waals surface area contributed by atoms with Crippen LogP contribution in [0.4, 0.5) is 0 Å². The van der Waals surface area contributed by atoms with Gasteiger partial charge in [-0.15, -0.1) is 0 Å². The van der Waals surface area contributed by atoms with Crippen LogP contribution in [0.1, 0.15) is 43.4 Å². The molecule has 172 valence electrons. The lowest BCUT2D eigenvalue weighted by Gasteiger charge is -2.18. The maximum absolute atomic E-state index is 11.3.